The van der Waals surface area contributed by atoms with Crippen molar-refractivity contribution in [3.8, 4) is 0 Å². The molecule has 2 aliphatic heterocycles. The number of allylic oxidation sites excluding steroid dienone is 2. The summed E-state index contributed by atoms with van der Waals surface area (Å²) in [6, 6.07) is 5.71. The molecule has 2 nitrogen and oxygen atoms in total. The Balaban J connectivity index is 0.00000192. The first kappa shape index (κ1) is 18.5. The Hall–Kier alpha value is -0.817. The van der Waals surface area contributed by atoms with Crippen molar-refractivity contribution in [3.05, 3.63) is 40.2 Å². The molecule has 23 heavy (non-hydrogen) atoms. The average Bonchev–Trinajstić information content (AvgIpc) is 2.65. The van der Waals surface area contributed by atoms with Crippen LogP contribution < -0.4 is 4.90 Å². The molecule has 2 aliphatic rings. The number of hydrogen-bond donors (Lipinski definition) is 0. The monoisotopic (exact) mass is 399 g/mol. The van der Waals surface area contributed by atoms with Gasteiger partial charge in [0, 0.05) is 23.9 Å². The number of anilines is 1. The van der Waals surface area contributed by atoms with Crippen molar-refractivity contribution in [2.75, 3.05) is 11.9 Å². The first-order valence-electron chi connectivity index (χ1n) is 8.29. The maximum atomic E-state index is 3.48. The van der Waals surface area contributed by atoms with Crippen LogP contribution in [0.2, 0.25) is 0 Å². The second-order valence-corrected chi connectivity index (χ2v) is 8.10. The molecule has 3 rings (SSSR count). The van der Waals surface area contributed by atoms with E-state index in [0.717, 1.165) is 0 Å². The van der Waals surface area contributed by atoms with Gasteiger partial charge in [0.05, 0.1) is 0 Å². The zero-order valence-electron chi connectivity index (χ0n) is 15.9. The first-order chi connectivity index (χ1) is 10.0. The van der Waals surface area contributed by atoms with Crippen molar-refractivity contribution in [2.45, 2.75) is 67.0 Å². The van der Waals surface area contributed by atoms with Gasteiger partial charge in [-0.25, -0.2) is 0 Å². The van der Waals surface area contributed by atoms with Crippen LogP contribution in [0, 0.1) is 25.3 Å². The van der Waals surface area contributed by atoms with Crippen LogP contribution in [-0.2, 0) is 24.9 Å². The van der Waals surface area contributed by atoms with Gasteiger partial charge in [0.15, 0.2) is 0 Å². The number of benzene rings is 1. The Morgan fingerprint density at radius 2 is 1.61 bits per heavy atom. The van der Waals surface area contributed by atoms with Crippen LogP contribution in [0.1, 0.15) is 58.2 Å². The molecule has 0 fully saturated rings. The molecule has 2 heterocycles. The molecule has 0 saturated heterocycles. The molecule has 3 heteroatoms. The number of fused-ring (bicyclic) bond motifs is 3. The third-order valence-corrected chi connectivity index (χ3v) is 6.72. The van der Waals surface area contributed by atoms with Gasteiger partial charge in [-0.15, -0.1) is 11.1 Å². The third kappa shape index (κ3) is 2.08. The molecule has 0 bridgehead atoms. The SMILES string of the molecule is CC1=C2N(c3c(c[c-]c(C)c3C)C(C)(C)C2(C)C)[C@H](C)N1C.[Ru+]. The van der Waals surface area contributed by atoms with Crippen LogP contribution in [0.4, 0.5) is 5.69 Å². The Morgan fingerprint density at radius 3 is 2.17 bits per heavy atom. The maximum absolute atomic E-state index is 3.48. The Labute approximate surface area is 154 Å². The third-order valence-electron chi connectivity index (χ3n) is 6.72. The zero-order chi connectivity index (χ0) is 16.6. The smallest absolute Gasteiger partial charge is 0.356 e. The van der Waals surface area contributed by atoms with Gasteiger partial charge in [-0.05, 0) is 19.3 Å². The fraction of sp³-hybridized carbons (Fsp3) is 0.600. The molecule has 0 N–H and O–H groups in total. The van der Waals surface area contributed by atoms with Crippen LogP contribution in [-0.4, -0.2) is 18.1 Å². The van der Waals surface area contributed by atoms with Crippen LogP contribution in [0.5, 0.6) is 0 Å². The van der Waals surface area contributed by atoms with E-state index in [2.05, 4.69) is 84.4 Å². The average molecular weight is 399 g/mol. The maximum Gasteiger partial charge on any atom is 1.00 e. The van der Waals surface area contributed by atoms with Crippen molar-refractivity contribution in [2.24, 2.45) is 5.41 Å². The van der Waals surface area contributed by atoms with Crippen molar-refractivity contribution >= 4 is 5.69 Å². The van der Waals surface area contributed by atoms with E-state index in [0.29, 0.717) is 6.17 Å². The van der Waals surface area contributed by atoms with E-state index >= 15 is 0 Å². The van der Waals surface area contributed by atoms with Gasteiger partial charge in [-0.3, -0.25) is 0 Å². The van der Waals surface area contributed by atoms with Gasteiger partial charge in [0.25, 0.3) is 0 Å². The molecular weight excluding hydrogens is 369 g/mol. The van der Waals surface area contributed by atoms with Gasteiger partial charge in [0.1, 0.15) is 6.17 Å². The summed E-state index contributed by atoms with van der Waals surface area (Å²) in [4.78, 5) is 4.99. The summed E-state index contributed by atoms with van der Waals surface area (Å²) in [7, 11) is 2.21. The number of aryl methyl sites for hydroxylation is 1. The van der Waals surface area contributed by atoms with Gasteiger partial charge in [-0.2, -0.15) is 17.7 Å². The predicted molar refractivity (Wildman–Crippen MR) is 94.0 cm³/mol. The van der Waals surface area contributed by atoms with Crippen LogP contribution in [0.25, 0.3) is 0 Å². The molecule has 1 radical (unpaired) electrons. The van der Waals surface area contributed by atoms with E-state index in [9.17, 15) is 0 Å². The van der Waals surface area contributed by atoms with E-state index in [1.165, 1.54) is 33.8 Å². The number of nitrogens with zero attached hydrogens (tertiary/aromatic N) is 2. The van der Waals surface area contributed by atoms with Crippen LogP contribution >= 0.6 is 0 Å². The minimum atomic E-state index is 0. The zero-order valence-corrected chi connectivity index (χ0v) is 17.6. The van der Waals surface area contributed by atoms with Gasteiger partial charge in [-0.1, -0.05) is 47.2 Å². The molecular formula is C20H29N2Ru. The summed E-state index contributed by atoms with van der Waals surface area (Å²) in [6.45, 7) is 18.5. The van der Waals surface area contributed by atoms with Crippen LogP contribution in [0.15, 0.2) is 17.5 Å². The topological polar surface area (TPSA) is 6.48 Å². The van der Waals surface area contributed by atoms with E-state index in [1.54, 1.807) is 0 Å². The van der Waals surface area contributed by atoms with Gasteiger partial charge < -0.3 is 9.80 Å². The molecule has 0 aromatic heterocycles. The quantitative estimate of drug-likeness (QED) is 0.460. The van der Waals surface area contributed by atoms with Gasteiger partial charge in [0.2, 0.25) is 0 Å². The molecule has 0 saturated carbocycles. The van der Waals surface area contributed by atoms with Gasteiger partial charge >= 0.3 is 19.5 Å². The second kappa shape index (κ2) is 5.34. The number of hydrogen-bond acceptors (Lipinski definition) is 2. The fourth-order valence-corrected chi connectivity index (χ4v) is 4.19. The Morgan fingerprint density at radius 1 is 1.04 bits per heavy atom. The van der Waals surface area contributed by atoms with Crippen molar-refractivity contribution in [1.29, 1.82) is 0 Å². The summed E-state index contributed by atoms with van der Waals surface area (Å²) < 4.78 is 0. The number of rotatable bonds is 0. The fourth-order valence-electron chi connectivity index (χ4n) is 4.19. The molecule has 1 atom stereocenters. The molecule has 0 aliphatic carbocycles. The largest absolute Gasteiger partial charge is 1.00 e. The summed E-state index contributed by atoms with van der Waals surface area (Å²) in [5, 5.41) is 0. The Kier molecular flexibility index (Phi) is 4.30. The molecule has 0 spiro atoms. The van der Waals surface area contributed by atoms with Crippen molar-refractivity contribution < 1.29 is 19.5 Å². The molecule has 1 aromatic carbocycles. The molecule has 0 unspecified atom stereocenters. The first-order valence-corrected chi connectivity index (χ1v) is 8.29. The Bertz CT molecular complexity index is 685. The summed E-state index contributed by atoms with van der Waals surface area (Å²) in [5.41, 5.74) is 8.51. The predicted octanol–water partition coefficient (Wildman–Crippen LogP) is 4.75. The van der Waals surface area contributed by atoms with E-state index in [-0.39, 0.29) is 30.3 Å². The van der Waals surface area contributed by atoms with E-state index in [4.69, 9.17) is 0 Å². The summed E-state index contributed by atoms with van der Waals surface area (Å²) in [6.07, 6.45) is 0.365. The van der Waals surface area contributed by atoms with Crippen LogP contribution in [0.3, 0.4) is 0 Å². The van der Waals surface area contributed by atoms with Crippen molar-refractivity contribution in [3.63, 3.8) is 0 Å². The minimum absolute atomic E-state index is 0. The standard InChI is InChI=1S/C20H29N2.Ru/c1-12-10-11-16-17(13(12)2)22-15(4)21(9)14(3)18(22)20(7,8)19(16,5)6;/h11,15H,1-9H3;/q-1;+1/t15-;/m1./s1. The summed E-state index contributed by atoms with van der Waals surface area (Å²) >= 11 is 0. The molecule has 0 amide bonds. The summed E-state index contributed by atoms with van der Waals surface area (Å²) in [5.74, 6) is 0. The normalized spacial score (nSPS) is 24.3. The molecule has 1 aromatic rings. The van der Waals surface area contributed by atoms with Crippen molar-refractivity contribution in [1.82, 2.24) is 4.90 Å². The van der Waals surface area contributed by atoms with E-state index in [1.807, 2.05) is 0 Å². The second-order valence-electron chi connectivity index (χ2n) is 8.10. The minimum Gasteiger partial charge on any atom is -0.356 e. The van der Waals surface area contributed by atoms with E-state index < -0.39 is 0 Å². The molecule has 127 valence electrons.